The summed E-state index contributed by atoms with van der Waals surface area (Å²) in [5, 5.41) is 1.61. The summed E-state index contributed by atoms with van der Waals surface area (Å²) in [6, 6.07) is 0. The van der Waals surface area contributed by atoms with Crippen molar-refractivity contribution in [2.24, 2.45) is 5.92 Å². The Morgan fingerprint density at radius 3 is 2.43 bits per heavy atom. The van der Waals surface area contributed by atoms with E-state index < -0.39 is 18.8 Å². The second-order valence-electron chi connectivity index (χ2n) is 3.29. The minimum Gasteiger partial charge on any atom is -0.450 e. The van der Waals surface area contributed by atoms with Crippen LogP contribution in [0, 0.1) is 5.92 Å². The molecule has 1 amide bonds. The molecule has 0 bridgehead atoms. The first-order chi connectivity index (χ1) is 6.31. The van der Waals surface area contributed by atoms with E-state index in [0.717, 1.165) is 0 Å². The lowest BCUT2D eigenvalue weighted by Gasteiger charge is -2.09. The maximum absolute atomic E-state index is 11.6. The highest BCUT2D eigenvalue weighted by Crippen LogP contribution is 2.12. The van der Waals surface area contributed by atoms with Crippen molar-refractivity contribution in [3.8, 4) is 0 Å². The molecule has 0 fully saturated rings. The lowest BCUT2D eigenvalue weighted by atomic mass is 10.1. The molecule has 3 nitrogen and oxygen atoms in total. The fraction of sp³-hybridized carbons (Fsp3) is 0.875. The highest BCUT2D eigenvalue weighted by Gasteiger charge is 2.27. The second kappa shape index (κ2) is 5.72. The molecule has 0 heterocycles. The standard InChI is InChI=1S/C8H14F3NO2/c1-6(2)3-4-14-7(13)12-5-8(9,10)11/h6H,3-5H2,1-2H3,(H,12,13). The van der Waals surface area contributed by atoms with Gasteiger partial charge in [-0.25, -0.2) is 4.79 Å². The minimum absolute atomic E-state index is 0.140. The number of rotatable bonds is 4. The smallest absolute Gasteiger partial charge is 0.407 e. The lowest BCUT2D eigenvalue weighted by molar-refractivity contribution is -0.123. The summed E-state index contributed by atoms with van der Waals surface area (Å²) < 4.78 is 39.3. The summed E-state index contributed by atoms with van der Waals surface area (Å²) in [4.78, 5) is 10.6. The summed E-state index contributed by atoms with van der Waals surface area (Å²) in [7, 11) is 0. The van der Waals surface area contributed by atoms with Crippen LogP contribution in [0.5, 0.6) is 0 Å². The fourth-order valence-corrected chi connectivity index (χ4v) is 0.611. The van der Waals surface area contributed by atoms with E-state index >= 15 is 0 Å². The SMILES string of the molecule is CC(C)CCOC(=O)NCC(F)(F)F. The molecule has 0 atom stereocenters. The van der Waals surface area contributed by atoms with Crippen molar-refractivity contribution in [1.29, 1.82) is 0 Å². The van der Waals surface area contributed by atoms with Crippen molar-refractivity contribution in [1.82, 2.24) is 5.32 Å². The topological polar surface area (TPSA) is 38.3 Å². The summed E-state index contributed by atoms with van der Waals surface area (Å²) in [6.07, 6.45) is -4.78. The van der Waals surface area contributed by atoms with Gasteiger partial charge >= 0.3 is 12.3 Å². The minimum atomic E-state index is -4.39. The van der Waals surface area contributed by atoms with Crippen LogP contribution in [0.25, 0.3) is 0 Å². The quantitative estimate of drug-likeness (QED) is 0.778. The summed E-state index contributed by atoms with van der Waals surface area (Å²) in [6.45, 7) is 2.64. The Morgan fingerprint density at radius 2 is 2.00 bits per heavy atom. The Labute approximate surface area is 80.6 Å². The Morgan fingerprint density at radius 1 is 1.43 bits per heavy atom. The van der Waals surface area contributed by atoms with Crippen molar-refractivity contribution in [3.05, 3.63) is 0 Å². The molecule has 0 aromatic rings. The van der Waals surface area contributed by atoms with Crippen LogP contribution >= 0.6 is 0 Å². The van der Waals surface area contributed by atoms with Crippen LogP contribution in [0.1, 0.15) is 20.3 Å². The highest BCUT2D eigenvalue weighted by atomic mass is 19.4. The van der Waals surface area contributed by atoms with Crippen LogP contribution in [0.4, 0.5) is 18.0 Å². The van der Waals surface area contributed by atoms with Gasteiger partial charge < -0.3 is 10.1 Å². The number of amides is 1. The Balaban J connectivity index is 3.47. The molecule has 0 aliphatic heterocycles. The van der Waals surface area contributed by atoms with Gasteiger partial charge in [0.2, 0.25) is 0 Å². The van der Waals surface area contributed by atoms with Crippen LogP contribution in [0.2, 0.25) is 0 Å². The fourth-order valence-electron chi connectivity index (χ4n) is 0.611. The Hall–Kier alpha value is -0.940. The Bertz CT molecular complexity index is 180. The molecule has 0 saturated carbocycles. The third kappa shape index (κ3) is 9.15. The number of alkyl carbamates (subject to hydrolysis) is 1. The number of carbonyl (C=O) groups excluding carboxylic acids is 1. The molecule has 0 aliphatic carbocycles. The molecule has 0 saturated heterocycles. The predicted octanol–water partition coefficient (Wildman–Crippen LogP) is 2.32. The van der Waals surface area contributed by atoms with Gasteiger partial charge in [0.05, 0.1) is 6.61 Å². The maximum Gasteiger partial charge on any atom is 0.407 e. The van der Waals surface area contributed by atoms with Gasteiger partial charge in [0.15, 0.2) is 0 Å². The van der Waals surface area contributed by atoms with Gasteiger partial charge in [0.25, 0.3) is 0 Å². The molecule has 0 rings (SSSR count). The molecule has 0 aliphatic rings. The molecule has 84 valence electrons. The summed E-state index contributed by atoms with van der Waals surface area (Å²) in [5.74, 6) is 0.352. The predicted molar refractivity (Wildman–Crippen MR) is 44.9 cm³/mol. The van der Waals surface area contributed by atoms with E-state index in [1.807, 2.05) is 13.8 Å². The van der Waals surface area contributed by atoms with Crippen molar-refractivity contribution >= 4 is 6.09 Å². The van der Waals surface area contributed by atoms with Gasteiger partial charge in [-0.3, -0.25) is 0 Å². The zero-order chi connectivity index (χ0) is 11.2. The Kier molecular flexibility index (Phi) is 5.34. The van der Waals surface area contributed by atoms with Crippen LogP contribution in [0.15, 0.2) is 0 Å². The number of ether oxygens (including phenoxy) is 1. The highest BCUT2D eigenvalue weighted by molar-refractivity contribution is 5.67. The van der Waals surface area contributed by atoms with Crippen LogP contribution in [0.3, 0.4) is 0 Å². The van der Waals surface area contributed by atoms with Crippen molar-refractivity contribution in [2.75, 3.05) is 13.2 Å². The normalized spacial score (nSPS) is 11.6. The zero-order valence-corrected chi connectivity index (χ0v) is 8.15. The van der Waals surface area contributed by atoms with E-state index in [4.69, 9.17) is 0 Å². The molecule has 6 heteroatoms. The van der Waals surface area contributed by atoms with Crippen molar-refractivity contribution in [3.63, 3.8) is 0 Å². The number of carbonyl (C=O) groups is 1. The van der Waals surface area contributed by atoms with Gasteiger partial charge in [-0.2, -0.15) is 13.2 Å². The lowest BCUT2D eigenvalue weighted by Crippen LogP contribution is -2.34. The van der Waals surface area contributed by atoms with Gasteiger partial charge in [-0.05, 0) is 12.3 Å². The third-order valence-corrected chi connectivity index (χ3v) is 1.36. The number of alkyl halides is 3. The number of hydrogen-bond donors (Lipinski definition) is 1. The number of hydrogen-bond acceptors (Lipinski definition) is 2. The molecule has 0 unspecified atom stereocenters. The average Bonchev–Trinajstić information content (AvgIpc) is 1.99. The van der Waals surface area contributed by atoms with E-state index in [9.17, 15) is 18.0 Å². The first-order valence-corrected chi connectivity index (χ1v) is 4.28. The van der Waals surface area contributed by atoms with Gasteiger partial charge in [-0.1, -0.05) is 13.8 Å². The van der Waals surface area contributed by atoms with E-state index in [1.165, 1.54) is 0 Å². The van der Waals surface area contributed by atoms with E-state index in [1.54, 1.807) is 5.32 Å². The summed E-state index contributed by atoms with van der Waals surface area (Å²) in [5.41, 5.74) is 0. The zero-order valence-electron chi connectivity index (χ0n) is 8.15. The van der Waals surface area contributed by atoms with Crippen molar-refractivity contribution in [2.45, 2.75) is 26.4 Å². The second-order valence-corrected chi connectivity index (χ2v) is 3.29. The first-order valence-electron chi connectivity index (χ1n) is 4.28. The van der Waals surface area contributed by atoms with E-state index in [2.05, 4.69) is 4.74 Å². The van der Waals surface area contributed by atoms with Crippen molar-refractivity contribution < 1.29 is 22.7 Å². The molecular formula is C8H14F3NO2. The molecule has 0 radical (unpaired) electrons. The first kappa shape index (κ1) is 13.1. The van der Waals surface area contributed by atoms with E-state index in [0.29, 0.717) is 12.3 Å². The van der Waals surface area contributed by atoms with Crippen LogP contribution < -0.4 is 5.32 Å². The van der Waals surface area contributed by atoms with E-state index in [-0.39, 0.29) is 6.61 Å². The molecule has 14 heavy (non-hydrogen) atoms. The number of halogens is 3. The van der Waals surface area contributed by atoms with Crippen LogP contribution in [-0.4, -0.2) is 25.4 Å². The van der Waals surface area contributed by atoms with Gasteiger partial charge in [-0.15, -0.1) is 0 Å². The average molecular weight is 213 g/mol. The summed E-state index contributed by atoms with van der Waals surface area (Å²) >= 11 is 0. The monoisotopic (exact) mass is 213 g/mol. The molecule has 1 N–H and O–H groups in total. The molecule has 0 aromatic carbocycles. The largest absolute Gasteiger partial charge is 0.450 e. The van der Waals surface area contributed by atoms with Gasteiger partial charge in [0.1, 0.15) is 6.54 Å². The molecule has 0 aromatic heterocycles. The molecular weight excluding hydrogens is 199 g/mol. The van der Waals surface area contributed by atoms with Crippen LogP contribution in [-0.2, 0) is 4.74 Å². The van der Waals surface area contributed by atoms with Gasteiger partial charge in [0, 0.05) is 0 Å². The third-order valence-electron chi connectivity index (χ3n) is 1.36. The number of nitrogens with one attached hydrogen (secondary N) is 1. The molecule has 0 spiro atoms. The maximum atomic E-state index is 11.6.